The summed E-state index contributed by atoms with van der Waals surface area (Å²) in [6.07, 6.45) is 6.06. The van der Waals surface area contributed by atoms with Crippen LogP contribution in [0.2, 0.25) is 0 Å². The second-order valence-electron chi connectivity index (χ2n) is 24.7. The third-order valence-corrected chi connectivity index (χ3v) is 16.4. The molecule has 0 aromatic heterocycles. The van der Waals surface area contributed by atoms with E-state index in [4.69, 9.17) is 4.74 Å². The largest absolute Gasteiger partial charge is 0.478 e. The number of aliphatic hydroxyl groups is 1. The van der Waals surface area contributed by atoms with Crippen molar-refractivity contribution in [1.82, 2.24) is 0 Å². The SMILES string of the molecule is CN(C)c1ccc(CN(C)c2cc(C(O)C#Cc3ccc(C(=O)OC(C=Cc4ccc(C(=O)O)cc4)c4cc(N(C)Cc5ccc(N(C)C)cc5)c5c(c4)C(C)(C)CCC5(C)C)cc3)cc3c2C(C)(C)CCC3(C)C)cc1. The first-order valence-electron chi connectivity index (χ1n) is 27.1. The summed E-state index contributed by atoms with van der Waals surface area (Å²) in [4.78, 5) is 35.0. The summed E-state index contributed by atoms with van der Waals surface area (Å²) >= 11 is 0. The second kappa shape index (κ2) is 22.0. The molecular weight excluding hydrogens is 953 g/mol. The van der Waals surface area contributed by atoms with Crippen LogP contribution in [0.15, 0.2) is 127 Å². The van der Waals surface area contributed by atoms with Gasteiger partial charge in [0.25, 0.3) is 0 Å². The van der Waals surface area contributed by atoms with Crippen molar-refractivity contribution in [3.63, 3.8) is 0 Å². The van der Waals surface area contributed by atoms with Crippen LogP contribution in [0.1, 0.15) is 170 Å². The summed E-state index contributed by atoms with van der Waals surface area (Å²) in [5, 5.41) is 21.5. The molecule has 0 aliphatic heterocycles. The van der Waals surface area contributed by atoms with Crippen LogP contribution in [0.25, 0.3) is 6.08 Å². The molecule has 0 saturated heterocycles. The van der Waals surface area contributed by atoms with Crippen molar-refractivity contribution in [1.29, 1.82) is 0 Å². The number of carboxylic acid groups (broad SMARTS) is 1. The first kappa shape index (κ1) is 55.9. The average Bonchev–Trinajstić information content (AvgIpc) is 3.51. The number of benzene rings is 6. The van der Waals surface area contributed by atoms with E-state index < -0.39 is 24.1 Å². The van der Waals surface area contributed by atoms with Crippen LogP contribution in [0.3, 0.4) is 0 Å². The van der Waals surface area contributed by atoms with Crippen molar-refractivity contribution in [2.24, 2.45) is 0 Å². The van der Waals surface area contributed by atoms with Crippen LogP contribution in [0, 0.1) is 11.8 Å². The number of hydrogen-bond acceptors (Lipinski definition) is 8. The zero-order valence-corrected chi connectivity index (χ0v) is 48.0. The van der Waals surface area contributed by atoms with Crippen LogP contribution in [-0.2, 0) is 39.5 Å². The first-order valence-corrected chi connectivity index (χ1v) is 27.1. The summed E-state index contributed by atoms with van der Waals surface area (Å²) in [5.74, 6) is 4.85. The minimum absolute atomic E-state index is 0.0542. The Morgan fingerprint density at radius 1 is 0.571 bits per heavy atom. The lowest BCUT2D eigenvalue weighted by molar-refractivity contribution is 0.0392. The minimum Gasteiger partial charge on any atom is -0.478 e. The van der Waals surface area contributed by atoms with E-state index in [1.807, 2.05) is 40.3 Å². The van der Waals surface area contributed by atoms with Crippen LogP contribution in [-0.4, -0.2) is 64.4 Å². The van der Waals surface area contributed by atoms with E-state index in [9.17, 15) is 19.8 Å². The van der Waals surface area contributed by atoms with E-state index in [2.05, 4.69) is 174 Å². The van der Waals surface area contributed by atoms with E-state index in [1.54, 1.807) is 48.5 Å². The highest BCUT2D eigenvalue weighted by atomic mass is 16.5. The Hall–Kier alpha value is -7.28. The summed E-state index contributed by atoms with van der Waals surface area (Å²) in [7, 11) is 12.5. The molecule has 77 heavy (non-hydrogen) atoms. The van der Waals surface area contributed by atoms with Gasteiger partial charge in [-0.1, -0.05) is 122 Å². The van der Waals surface area contributed by atoms with Gasteiger partial charge in [-0.25, -0.2) is 9.59 Å². The molecule has 9 nitrogen and oxygen atoms in total. The smallest absolute Gasteiger partial charge is 0.339 e. The van der Waals surface area contributed by atoms with Gasteiger partial charge in [0.1, 0.15) is 12.2 Å². The van der Waals surface area contributed by atoms with Gasteiger partial charge in [-0.15, -0.1) is 0 Å². The number of aliphatic hydroxyl groups excluding tert-OH is 1. The summed E-state index contributed by atoms with van der Waals surface area (Å²) in [5.41, 5.74) is 15.2. The molecule has 6 aromatic rings. The quantitative estimate of drug-likeness (QED) is 0.0770. The zero-order valence-electron chi connectivity index (χ0n) is 48.0. The average molecular weight is 1030 g/mol. The minimum atomic E-state index is -1.05. The number of esters is 1. The molecule has 6 aromatic carbocycles. The Bertz CT molecular complexity index is 3210. The van der Waals surface area contributed by atoms with Crippen LogP contribution in [0.5, 0.6) is 0 Å². The standard InChI is InChI=1S/C68H80N4O5/c1-65(2)35-37-67(5,6)61-55(65)39-51(41-57(61)71(13)43-47-19-29-53(30-20-47)69(9)10)59(73)33-23-45-17-27-50(28-18-45)64(76)77-60(34-24-46-15-25-49(26-16-46)63(74)75)52-40-56-62(68(7,8)38-36-66(56,3)4)58(42-52)72(14)44-48-21-31-54(32-22-48)70(11)12/h15-22,24-32,34,39-42,59-60,73H,35-38,43-44H2,1-14H3,(H,74,75). The molecule has 0 radical (unpaired) electrons. The summed E-state index contributed by atoms with van der Waals surface area (Å²) < 4.78 is 6.54. The molecule has 0 fully saturated rings. The fourth-order valence-corrected chi connectivity index (χ4v) is 11.3. The molecule has 0 bridgehead atoms. The molecule has 0 amide bonds. The fraction of sp³-hybridized carbons (Fsp3) is 0.382. The number of aromatic carboxylic acids is 1. The van der Waals surface area contributed by atoms with Gasteiger partial charge in [-0.3, -0.25) is 0 Å². The highest BCUT2D eigenvalue weighted by molar-refractivity contribution is 5.90. The highest BCUT2D eigenvalue weighted by Crippen LogP contribution is 2.52. The molecular formula is C68H80N4O5. The third-order valence-electron chi connectivity index (χ3n) is 16.4. The van der Waals surface area contributed by atoms with Gasteiger partial charge in [0.2, 0.25) is 0 Å². The normalized spacial score (nSPS) is 16.5. The molecule has 2 N–H and O–H groups in total. The van der Waals surface area contributed by atoms with E-state index >= 15 is 0 Å². The van der Waals surface area contributed by atoms with Gasteiger partial charge < -0.3 is 34.5 Å². The van der Waals surface area contributed by atoms with Crippen molar-refractivity contribution in [3.8, 4) is 11.8 Å². The number of ether oxygens (including phenoxy) is 1. The van der Waals surface area contributed by atoms with Crippen LogP contribution < -0.4 is 19.6 Å². The lowest BCUT2D eigenvalue weighted by Crippen LogP contribution is -2.36. The molecule has 2 aliphatic carbocycles. The Balaban J connectivity index is 1.10. The van der Waals surface area contributed by atoms with E-state index in [0.29, 0.717) is 24.2 Å². The third kappa shape index (κ3) is 12.5. The zero-order chi connectivity index (χ0) is 55.8. The maximum atomic E-state index is 14.4. The van der Waals surface area contributed by atoms with Crippen molar-refractivity contribution in [3.05, 3.63) is 194 Å². The van der Waals surface area contributed by atoms with Crippen molar-refractivity contribution < 1.29 is 24.5 Å². The van der Waals surface area contributed by atoms with Gasteiger partial charge in [0.05, 0.1) is 11.1 Å². The highest BCUT2D eigenvalue weighted by Gasteiger charge is 2.42. The van der Waals surface area contributed by atoms with Crippen molar-refractivity contribution in [2.45, 2.75) is 128 Å². The van der Waals surface area contributed by atoms with Gasteiger partial charge in [0, 0.05) is 83.7 Å². The number of fused-ring (bicyclic) bond motifs is 2. The summed E-state index contributed by atoms with van der Waals surface area (Å²) in [6, 6.07) is 39.7. The number of nitrogens with zero attached hydrogens (tertiary/aromatic N) is 4. The first-order chi connectivity index (χ1) is 36.2. The van der Waals surface area contributed by atoms with E-state index in [0.717, 1.165) is 65.1 Å². The summed E-state index contributed by atoms with van der Waals surface area (Å²) in [6.45, 7) is 19.9. The maximum Gasteiger partial charge on any atom is 0.339 e. The Labute approximate surface area is 459 Å². The number of rotatable bonds is 15. The van der Waals surface area contributed by atoms with Gasteiger partial charge in [0.15, 0.2) is 0 Å². The van der Waals surface area contributed by atoms with Crippen LogP contribution in [0.4, 0.5) is 22.7 Å². The molecule has 2 unspecified atom stereocenters. The molecule has 0 saturated carbocycles. The monoisotopic (exact) mass is 1030 g/mol. The number of carbonyl (C=O) groups excluding carboxylic acids is 1. The van der Waals surface area contributed by atoms with Crippen molar-refractivity contribution >= 4 is 40.8 Å². The van der Waals surface area contributed by atoms with Crippen molar-refractivity contribution in [2.75, 3.05) is 61.9 Å². The lowest BCUT2D eigenvalue weighted by Gasteiger charge is -2.44. The Morgan fingerprint density at radius 2 is 1.00 bits per heavy atom. The fourth-order valence-electron chi connectivity index (χ4n) is 11.3. The number of anilines is 4. The molecule has 2 atom stereocenters. The number of carbonyl (C=O) groups is 2. The second-order valence-corrected chi connectivity index (χ2v) is 24.7. The van der Waals surface area contributed by atoms with Gasteiger partial charge >= 0.3 is 11.9 Å². The topological polar surface area (TPSA) is 96.8 Å². The van der Waals surface area contributed by atoms with E-state index in [1.165, 1.54) is 33.4 Å². The molecule has 0 spiro atoms. The Morgan fingerprint density at radius 3 is 1.45 bits per heavy atom. The number of carboxylic acids is 1. The van der Waals surface area contributed by atoms with Gasteiger partial charge in [-0.05, 0) is 176 Å². The molecule has 402 valence electrons. The van der Waals surface area contributed by atoms with Gasteiger partial charge in [-0.2, -0.15) is 0 Å². The Kier molecular flexibility index (Phi) is 16.0. The van der Waals surface area contributed by atoms with Crippen LogP contribution >= 0.6 is 0 Å². The predicted molar refractivity (Wildman–Crippen MR) is 318 cm³/mol. The molecule has 0 heterocycles. The molecule has 9 heteroatoms. The number of hydrogen-bond donors (Lipinski definition) is 2. The maximum absolute atomic E-state index is 14.4. The predicted octanol–water partition coefficient (Wildman–Crippen LogP) is 14.2. The lowest BCUT2D eigenvalue weighted by atomic mass is 9.62. The van der Waals surface area contributed by atoms with E-state index in [-0.39, 0.29) is 27.2 Å². The molecule has 8 rings (SSSR count). The molecule has 2 aliphatic rings.